The number of fused-ring (bicyclic) bond motifs is 1. The normalized spacial score (nSPS) is 22.0. The molecule has 0 radical (unpaired) electrons. The highest BCUT2D eigenvalue weighted by Crippen LogP contribution is 2.45. The molecular weight excluding hydrogens is 482 g/mol. The molecule has 2 atom stereocenters. The van der Waals surface area contributed by atoms with Crippen LogP contribution in [-0.2, 0) is 5.54 Å². The minimum Gasteiger partial charge on any atom is -0.369 e. The van der Waals surface area contributed by atoms with Crippen LogP contribution in [0.5, 0.6) is 0 Å². The molecule has 0 spiro atoms. The number of para-hydroxylation sites is 2. The quantitative estimate of drug-likeness (QED) is 0.295. The largest absolute Gasteiger partial charge is 0.369 e. The molecule has 1 aliphatic carbocycles. The summed E-state index contributed by atoms with van der Waals surface area (Å²) in [6.45, 7) is 6.52. The van der Waals surface area contributed by atoms with E-state index in [2.05, 4.69) is 80.9 Å². The number of nitrogens with one attached hydrogen (secondary N) is 2. The van der Waals surface area contributed by atoms with E-state index in [1.807, 2.05) is 36.4 Å². The smallest absolute Gasteiger partial charge is 0.323 e. The van der Waals surface area contributed by atoms with Gasteiger partial charge >= 0.3 is 6.03 Å². The minimum absolute atomic E-state index is 0.00310. The van der Waals surface area contributed by atoms with Crippen LogP contribution in [0.15, 0.2) is 91.1 Å². The third-order valence-corrected chi connectivity index (χ3v) is 8.49. The maximum Gasteiger partial charge on any atom is 0.323 e. The first-order valence-electron chi connectivity index (χ1n) is 14.2. The monoisotopic (exact) mass is 519 g/mol. The van der Waals surface area contributed by atoms with E-state index in [0.717, 1.165) is 55.6 Å². The van der Waals surface area contributed by atoms with E-state index in [1.54, 1.807) is 6.20 Å². The fourth-order valence-electron chi connectivity index (χ4n) is 6.61. The van der Waals surface area contributed by atoms with Crippen molar-refractivity contribution < 1.29 is 4.79 Å². The number of anilines is 3. The van der Waals surface area contributed by atoms with Crippen LogP contribution in [0.4, 0.5) is 21.9 Å². The Hall–Kier alpha value is -3.90. The van der Waals surface area contributed by atoms with E-state index in [9.17, 15) is 4.79 Å². The van der Waals surface area contributed by atoms with Gasteiger partial charge in [0.1, 0.15) is 0 Å². The van der Waals surface area contributed by atoms with E-state index in [-0.39, 0.29) is 11.6 Å². The van der Waals surface area contributed by atoms with Crippen LogP contribution < -0.4 is 15.5 Å². The number of pyridine rings is 1. The van der Waals surface area contributed by atoms with Crippen molar-refractivity contribution in [3.63, 3.8) is 0 Å². The van der Waals surface area contributed by atoms with Gasteiger partial charge in [0, 0.05) is 48.5 Å². The highest BCUT2D eigenvalue weighted by molar-refractivity contribution is 6.00. The Labute approximate surface area is 231 Å². The number of carbonyl (C=O) groups excluding carboxylic acids is 1. The summed E-state index contributed by atoms with van der Waals surface area (Å²) in [5.74, 6) is 0.672. The first-order chi connectivity index (χ1) is 19.1. The third kappa shape index (κ3) is 5.48. The van der Waals surface area contributed by atoms with Crippen molar-refractivity contribution in [2.45, 2.75) is 38.1 Å². The van der Waals surface area contributed by atoms with Gasteiger partial charge in [-0.05, 0) is 60.7 Å². The first kappa shape index (κ1) is 25.4. The average molecular weight is 520 g/mol. The van der Waals surface area contributed by atoms with Gasteiger partial charge in [-0.1, -0.05) is 68.3 Å². The first-order valence-corrected chi connectivity index (χ1v) is 14.2. The molecule has 3 aromatic carbocycles. The summed E-state index contributed by atoms with van der Waals surface area (Å²) in [5, 5.41) is 7.02. The van der Waals surface area contributed by atoms with Gasteiger partial charge in [0.25, 0.3) is 0 Å². The molecule has 6 nitrogen and oxygen atoms in total. The lowest BCUT2D eigenvalue weighted by molar-refractivity contribution is 0.0243. The summed E-state index contributed by atoms with van der Waals surface area (Å²) < 4.78 is 0. The standard InChI is InChI=1S/C33H37N5O/c1-25-9-8-16-33(23-25,38-19-17-37(18-20-38)30-13-3-2-4-14-30)27-11-7-12-28(22-27)35-32(39)36-29-21-26-10-5-6-15-31(26)34-24-29/h2-7,10-15,21-22,24-25H,8-9,16-20,23H2,1H3,(H2,35,36,39). The lowest BCUT2D eigenvalue weighted by atomic mass is 9.71. The molecule has 6 rings (SSSR count). The van der Waals surface area contributed by atoms with Crippen LogP contribution in [0.1, 0.15) is 38.2 Å². The van der Waals surface area contributed by atoms with Crippen LogP contribution >= 0.6 is 0 Å². The zero-order chi connectivity index (χ0) is 26.7. The highest BCUT2D eigenvalue weighted by atomic mass is 16.2. The van der Waals surface area contributed by atoms with Crippen LogP contribution in [-0.4, -0.2) is 42.1 Å². The molecule has 2 amide bonds. The van der Waals surface area contributed by atoms with E-state index >= 15 is 0 Å². The Morgan fingerprint density at radius 3 is 2.46 bits per heavy atom. The fourth-order valence-corrected chi connectivity index (χ4v) is 6.61. The molecule has 2 N–H and O–H groups in total. The fraction of sp³-hybridized carbons (Fsp3) is 0.333. The lowest BCUT2D eigenvalue weighted by Gasteiger charge is -2.52. The van der Waals surface area contributed by atoms with E-state index in [4.69, 9.17) is 0 Å². The number of benzene rings is 3. The van der Waals surface area contributed by atoms with Crippen molar-refractivity contribution in [3.05, 3.63) is 96.7 Å². The Bertz CT molecular complexity index is 1430. The lowest BCUT2D eigenvalue weighted by Crippen LogP contribution is -2.57. The Balaban J connectivity index is 1.19. The molecule has 200 valence electrons. The molecule has 4 aromatic rings. The van der Waals surface area contributed by atoms with Crippen molar-refractivity contribution in [1.29, 1.82) is 0 Å². The average Bonchev–Trinajstić information content (AvgIpc) is 2.98. The second-order valence-corrected chi connectivity index (χ2v) is 11.1. The molecule has 1 aromatic heterocycles. The number of amides is 2. The maximum absolute atomic E-state index is 12.9. The topological polar surface area (TPSA) is 60.5 Å². The molecule has 2 unspecified atom stereocenters. The summed E-state index contributed by atoms with van der Waals surface area (Å²) in [7, 11) is 0. The summed E-state index contributed by atoms with van der Waals surface area (Å²) in [5.41, 5.74) is 5.02. The van der Waals surface area contributed by atoms with Crippen molar-refractivity contribution in [3.8, 4) is 0 Å². The number of urea groups is 1. The number of aromatic nitrogens is 1. The maximum atomic E-state index is 12.9. The zero-order valence-electron chi connectivity index (χ0n) is 22.6. The highest BCUT2D eigenvalue weighted by Gasteiger charge is 2.42. The molecule has 39 heavy (non-hydrogen) atoms. The van der Waals surface area contributed by atoms with E-state index < -0.39 is 0 Å². The van der Waals surface area contributed by atoms with E-state index in [0.29, 0.717) is 11.6 Å². The number of hydrogen-bond donors (Lipinski definition) is 2. The van der Waals surface area contributed by atoms with Crippen molar-refractivity contribution in [1.82, 2.24) is 9.88 Å². The van der Waals surface area contributed by atoms with Gasteiger partial charge in [-0.15, -0.1) is 0 Å². The number of carbonyl (C=O) groups is 1. The molecule has 0 bridgehead atoms. The van der Waals surface area contributed by atoms with Gasteiger partial charge in [0.05, 0.1) is 17.4 Å². The van der Waals surface area contributed by atoms with Crippen LogP contribution in [0.2, 0.25) is 0 Å². The molecule has 2 fully saturated rings. The van der Waals surface area contributed by atoms with Crippen LogP contribution in [0.25, 0.3) is 10.9 Å². The summed E-state index contributed by atoms with van der Waals surface area (Å²) in [6, 6.07) is 28.9. The second kappa shape index (κ2) is 11.1. The summed E-state index contributed by atoms with van der Waals surface area (Å²) in [4.78, 5) is 22.6. The molecule has 6 heteroatoms. The summed E-state index contributed by atoms with van der Waals surface area (Å²) >= 11 is 0. The number of nitrogens with zero attached hydrogens (tertiary/aromatic N) is 3. The number of piperazine rings is 1. The van der Waals surface area contributed by atoms with Gasteiger partial charge in [-0.2, -0.15) is 0 Å². The number of hydrogen-bond acceptors (Lipinski definition) is 4. The van der Waals surface area contributed by atoms with Crippen molar-refractivity contribution in [2.75, 3.05) is 41.7 Å². The third-order valence-electron chi connectivity index (χ3n) is 8.49. The van der Waals surface area contributed by atoms with Crippen molar-refractivity contribution >= 4 is 34.0 Å². The minimum atomic E-state index is -0.258. The van der Waals surface area contributed by atoms with Gasteiger partial charge in [-0.3, -0.25) is 9.88 Å². The van der Waals surface area contributed by atoms with Crippen molar-refractivity contribution in [2.24, 2.45) is 5.92 Å². The predicted octanol–water partition coefficient (Wildman–Crippen LogP) is 7.11. The van der Waals surface area contributed by atoms with Gasteiger partial charge in [0.2, 0.25) is 0 Å². The molecule has 1 saturated heterocycles. The molecule has 2 aliphatic rings. The molecule has 1 saturated carbocycles. The molecule has 2 heterocycles. The second-order valence-electron chi connectivity index (χ2n) is 11.1. The summed E-state index contributed by atoms with van der Waals surface area (Å²) in [6.07, 6.45) is 6.52. The van der Waals surface area contributed by atoms with Gasteiger partial charge in [0.15, 0.2) is 0 Å². The number of rotatable bonds is 5. The molecule has 1 aliphatic heterocycles. The van der Waals surface area contributed by atoms with E-state index in [1.165, 1.54) is 24.1 Å². The van der Waals surface area contributed by atoms with Crippen LogP contribution in [0, 0.1) is 5.92 Å². The SMILES string of the molecule is CC1CCCC(c2cccc(NC(=O)Nc3cnc4ccccc4c3)c2)(N2CCN(c3ccccc3)CC2)C1. The zero-order valence-corrected chi connectivity index (χ0v) is 22.6. The Morgan fingerprint density at radius 1 is 0.872 bits per heavy atom. The van der Waals surface area contributed by atoms with Crippen LogP contribution in [0.3, 0.4) is 0 Å². The Morgan fingerprint density at radius 2 is 1.64 bits per heavy atom. The predicted molar refractivity (Wildman–Crippen MR) is 160 cm³/mol. The van der Waals surface area contributed by atoms with Gasteiger partial charge < -0.3 is 15.5 Å². The Kier molecular flexibility index (Phi) is 7.20. The molecular formula is C33H37N5O. The van der Waals surface area contributed by atoms with Gasteiger partial charge in [-0.25, -0.2) is 4.79 Å².